The highest BCUT2D eigenvalue weighted by atomic mass is 16.5. The predicted molar refractivity (Wildman–Crippen MR) is 42.2 cm³/mol. The molecule has 0 bridgehead atoms. The van der Waals surface area contributed by atoms with Gasteiger partial charge in [-0.3, -0.25) is 0 Å². The van der Waals surface area contributed by atoms with E-state index < -0.39 is 0 Å². The lowest BCUT2D eigenvalue weighted by molar-refractivity contribution is 0.0367. The molecule has 0 radical (unpaired) electrons. The second-order valence-electron chi connectivity index (χ2n) is 3.12. The van der Waals surface area contributed by atoms with Gasteiger partial charge in [-0.25, -0.2) is 0 Å². The molecule has 2 nitrogen and oxygen atoms in total. The van der Waals surface area contributed by atoms with Crippen molar-refractivity contribution in [3.63, 3.8) is 0 Å². The van der Waals surface area contributed by atoms with Crippen LogP contribution in [-0.2, 0) is 9.47 Å². The van der Waals surface area contributed by atoms with Crippen LogP contribution in [0.25, 0.3) is 0 Å². The van der Waals surface area contributed by atoms with Crippen LogP contribution in [0.4, 0.5) is 0 Å². The van der Waals surface area contributed by atoms with Crippen molar-refractivity contribution in [2.75, 3.05) is 20.8 Å². The molecule has 0 spiro atoms. The summed E-state index contributed by atoms with van der Waals surface area (Å²) in [4.78, 5) is 0. The highest BCUT2D eigenvalue weighted by Crippen LogP contribution is 2.22. The molecule has 0 aromatic rings. The molecule has 0 atom stereocenters. The Morgan fingerprint density at radius 2 is 1.80 bits per heavy atom. The minimum absolute atomic E-state index is 0.194. The largest absolute Gasteiger partial charge is 0.388 e. The van der Waals surface area contributed by atoms with E-state index in [1.807, 2.05) is 0 Å². The quantitative estimate of drug-likeness (QED) is 0.519. The summed E-state index contributed by atoms with van der Waals surface area (Å²) in [5.41, 5.74) is 0.194. The van der Waals surface area contributed by atoms with Crippen LogP contribution in [0.1, 0.15) is 26.7 Å². The number of rotatable bonds is 0. The third-order valence-corrected chi connectivity index (χ3v) is 1.42. The Hall–Kier alpha value is -0.0800. The van der Waals surface area contributed by atoms with E-state index in [9.17, 15) is 0 Å². The first-order chi connectivity index (χ1) is 4.62. The van der Waals surface area contributed by atoms with E-state index in [0.29, 0.717) is 0 Å². The summed E-state index contributed by atoms with van der Waals surface area (Å²) >= 11 is 0. The summed E-state index contributed by atoms with van der Waals surface area (Å²) in [7, 11) is 3.25. The van der Waals surface area contributed by atoms with Gasteiger partial charge < -0.3 is 9.47 Å². The van der Waals surface area contributed by atoms with Gasteiger partial charge >= 0.3 is 0 Å². The van der Waals surface area contributed by atoms with Crippen molar-refractivity contribution in [1.82, 2.24) is 0 Å². The average Bonchev–Trinajstić information content (AvgIpc) is 2.16. The number of hydrogen-bond donors (Lipinski definition) is 0. The van der Waals surface area contributed by atoms with Crippen LogP contribution in [0.3, 0.4) is 0 Å². The van der Waals surface area contributed by atoms with Crippen LogP contribution in [0, 0.1) is 0 Å². The van der Waals surface area contributed by atoms with E-state index in [-0.39, 0.29) is 5.60 Å². The zero-order valence-electron chi connectivity index (χ0n) is 7.44. The zero-order chi connectivity index (χ0) is 8.04. The summed E-state index contributed by atoms with van der Waals surface area (Å²) in [6.07, 6.45) is 2.47. The number of hydrogen-bond acceptors (Lipinski definition) is 2. The molecule has 0 aromatic carbocycles. The first-order valence-corrected chi connectivity index (χ1v) is 3.66. The Kier molecular flexibility index (Phi) is 4.65. The van der Waals surface area contributed by atoms with Gasteiger partial charge in [-0.2, -0.15) is 0 Å². The molecule has 1 saturated heterocycles. The number of ether oxygens (including phenoxy) is 2. The standard InChI is InChI=1S/C6H12O.C2H6O/c1-6(2)4-3-5-7-6;1-3-2/h3-5H2,1-2H3;1-2H3. The fraction of sp³-hybridized carbons (Fsp3) is 1.00. The molecule has 0 N–H and O–H groups in total. The Labute approximate surface area is 63.5 Å². The molecule has 0 aliphatic carbocycles. The summed E-state index contributed by atoms with van der Waals surface area (Å²) in [5.74, 6) is 0. The Morgan fingerprint density at radius 1 is 1.30 bits per heavy atom. The molecular formula is C8H18O2. The molecule has 0 aromatic heterocycles. The van der Waals surface area contributed by atoms with Gasteiger partial charge in [-0.15, -0.1) is 0 Å². The van der Waals surface area contributed by atoms with Crippen molar-refractivity contribution in [2.24, 2.45) is 0 Å². The molecule has 10 heavy (non-hydrogen) atoms. The third kappa shape index (κ3) is 4.77. The van der Waals surface area contributed by atoms with Crippen LogP contribution in [0.15, 0.2) is 0 Å². The van der Waals surface area contributed by atoms with Crippen LogP contribution in [0.2, 0.25) is 0 Å². The minimum Gasteiger partial charge on any atom is -0.388 e. The molecule has 1 aliphatic heterocycles. The molecule has 1 heterocycles. The van der Waals surface area contributed by atoms with Crippen molar-refractivity contribution in [1.29, 1.82) is 0 Å². The molecule has 1 rings (SSSR count). The summed E-state index contributed by atoms with van der Waals surface area (Å²) in [6, 6.07) is 0. The molecule has 0 amide bonds. The van der Waals surface area contributed by atoms with Crippen LogP contribution in [-0.4, -0.2) is 26.4 Å². The third-order valence-electron chi connectivity index (χ3n) is 1.42. The first-order valence-electron chi connectivity index (χ1n) is 3.66. The Morgan fingerprint density at radius 3 is 1.90 bits per heavy atom. The van der Waals surface area contributed by atoms with Gasteiger partial charge in [-0.1, -0.05) is 0 Å². The van der Waals surface area contributed by atoms with Gasteiger partial charge in [0, 0.05) is 20.8 Å². The normalized spacial score (nSPS) is 21.6. The highest BCUT2D eigenvalue weighted by molar-refractivity contribution is 4.72. The van der Waals surface area contributed by atoms with Gasteiger partial charge in [0.25, 0.3) is 0 Å². The van der Waals surface area contributed by atoms with Crippen molar-refractivity contribution >= 4 is 0 Å². The summed E-state index contributed by atoms with van der Waals surface area (Å²) in [5, 5.41) is 0. The van der Waals surface area contributed by atoms with Crippen LogP contribution >= 0.6 is 0 Å². The second-order valence-corrected chi connectivity index (χ2v) is 3.12. The maximum Gasteiger partial charge on any atom is 0.0627 e. The van der Waals surface area contributed by atoms with E-state index in [1.54, 1.807) is 14.2 Å². The second kappa shape index (κ2) is 4.69. The van der Waals surface area contributed by atoms with Gasteiger partial charge in [-0.05, 0) is 26.7 Å². The molecule has 0 saturated carbocycles. The SMILES string of the molecule is CC1(C)CCCO1.COC. The Bertz CT molecular complexity index is 71.3. The molecule has 62 valence electrons. The lowest BCUT2D eigenvalue weighted by Crippen LogP contribution is -2.15. The molecule has 0 unspecified atom stereocenters. The highest BCUT2D eigenvalue weighted by Gasteiger charge is 2.22. The van der Waals surface area contributed by atoms with E-state index in [4.69, 9.17) is 4.74 Å². The molecular weight excluding hydrogens is 128 g/mol. The zero-order valence-corrected chi connectivity index (χ0v) is 7.44. The maximum absolute atomic E-state index is 5.34. The fourth-order valence-corrected chi connectivity index (χ4v) is 0.919. The number of methoxy groups -OCH3 is 1. The van der Waals surface area contributed by atoms with Gasteiger partial charge in [0.1, 0.15) is 0 Å². The van der Waals surface area contributed by atoms with Crippen molar-refractivity contribution in [2.45, 2.75) is 32.3 Å². The monoisotopic (exact) mass is 146 g/mol. The average molecular weight is 146 g/mol. The van der Waals surface area contributed by atoms with E-state index in [0.717, 1.165) is 6.61 Å². The predicted octanol–water partition coefficient (Wildman–Crippen LogP) is 1.84. The van der Waals surface area contributed by atoms with E-state index in [2.05, 4.69) is 18.6 Å². The minimum atomic E-state index is 0.194. The summed E-state index contributed by atoms with van der Waals surface area (Å²) < 4.78 is 9.59. The maximum atomic E-state index is 5.34. The van der Waals surface area contributed by atoms with Gasteiger partial charge in [0.2, 0.25) is 0 Å². The lowest BCUT2D eigenvalue weighted by Gasteiger charge is -2.14. The van der Waals surface area contributed by atoms with Crippen LogP contribution < -0.4 is 0 Å². The lowest BCUT2D eigenvalue weighted by atomic mass is 10.1. The van der Waals surface area contributed by atoms with Crippen LogP contribution in [0.5, 0.6) is 0 Å². The van der Waals surface area contributed by atoms with E-state index >= 15 is 0 Å². The van der Waals surface area contributed by atoms with Crippen molar-refractivity contribution < 1.29 is 9.47 Å². The van der Waals surface area contributed by atoms with E-state index in [1.165, 1.54) is 12.8 Å². The van der Waals surface area contributed by atoms with Gasteiger partial charge in [0.15, 0.2) is 0 Å². The van der Waals surface area contributed by atoms with Gasteiger partial charge in [0.05, 0.1) is 5.60 Å². The van der Waals surface area contributed by atoms with Crippen molar-refractivity contribution in [3.8, 4) is 0 Å². The molecule has 1 aliphatic rings. The fourth-order valence-electron chi connectivity index (χ4n) is 0.919. The Balaban J connectivity index is 0.000000236. The topological polar surface area (TPSA) is 18.5 Å². The first kappa shape index (κ1) is 9.92. The summed E-state index contributed by atoms with van der Waals surface area (Å²) in [6.45, 7) is 5.24. The molecule has 2 heteroatoms. The molecule has 1 fully saturated rings. The van der Waals surface area contributed by atoms with Crippen molar-refractivity contribution in [3.05, 3.63) is 0 Å². The smallest absolute Gasteiger partial charge is 0.0627 e.